The maximum absolute atomic E-state index is 14.1. The van der Waals surface area contributed by atoms with E-state index in [1.807, 2.05) is 0 Å². The van der Waals surface area contributed by atoms with Crippen molar-refractivity contribution >= 4 is 27.1 Å². The van der Waals surface area contributed by atoms with Crippen LogP contribution in [0.2, 0.25) is 5.02 Å². The molecule has 0 atom stereocenters. The fourth-order valence-electron chi connectivity index (χ4n) is 1.93. The number of halogens is 3. The molecule has 0 bridgehead atoms. The van der Waals surface area contributed by atoms with Gasteiger partial charge in [0.05, 0.1) is 10.7 Å². The highest BCUT2D eigenvalue weighted by Gasteiger charge is 2.39. The van der Waals surface area contributed by atoms with Gasteiger partial charge in [0, 0.05) is 5.56 Å². The molecular weight excluding hydrogens is 320 g/mol. The van der Waals surface area contributed by atoms with Crippen molar-refractivity contribution in [3.8, 4) is 0 Å². The molecule has 2 rings (SSSR count). The van der Waals surface area contributed by atoms with Crippen molar-refractivity contribution in [1.82, 2.24) is 0 Å². The maximum Gasteiger partial charge on any atom is 0.287 e. The van der Waals surface area contributed by atoms with Crippen molar-refractivity contribution in [2.24, 2.45) is 0 Å². The van der Waals surface area contributed by atoms with Crippen molar-refractivity contribution in [2.45, 2.75) is 10.8 Å². The fourth-order valence-corrected chi connectivity index (χ4v) is 4.04. The summed E-state index contributed by atoms with van der Waals surface area (Å²) in [7, 11) is -4.33. The number of rotatable bonds is 4. The van der Waals surface area contributed by atoms with Crippen LogP contribution in [0.4, 0.5) is 14.5 Å². The van der Waals surface area contributed by atoms with Crippen LogP contribution in [-0.4, -0.2) is 14.2 Å². The maximum atomic E-state index is 14.1. The van der Waals surface area contributed by atoms with Gasteiger partial charge < -0.3 is 5.73 Å². The zero-order chi connectivity index (χ0) is 15.7. The summed E-state index contributed by atoms with van der Waals surface area (Å²) >= 11 is 5.78. The summed E-state index contributed by atoms with van der Waals surface area (Å²) in [5.41, 5.74) is 5.03. The van der Waals surface area contributed by atoms with Gasteiger partial charge in [-0.15, -0.1) is 0 Å². The predicted molar refractivity (Wildman–Crippen MR) is 78.3 cm³/mol. The minimum Gasteiger partial charge on any atom is -0.398 e. The number of nitrogen functional groups attached to an aromatic ring is 1. The van der Waals surface area contributed by atoms with E-state index in [2.05, 4.69) is 0 Å². The Balaban J connectivity index is 2.43. The van der Waals surface area contributed by atoms with Crippen LogP contribution in [0.25, 0.3) is 0 Å². The predicted octanol–water partition coefficient (Wildman–Crippen LogP) is 3.49. The Kier molecular flexibility index (Phi) is 4.20. The number of nitrogens with two attached hydrogens (primary N) is 1. The molecule has 0 aromatic heterocycles. The third-order valence-corrected chi connectivity index (χ3v) is 5.12. The lowest BCUT2D eigenvalue weighted by molar-refractivity contribution is 0.0213. The highest BCUT2D eigenvalue weighted by Crippen LogP contribution is 2.35. The van der Waals surface area contributed by atoms with E-state index in [1.165, 1.54) is 42.5 Å². The van der Waals surface area contributed by atoms with Gasteiger partial charge in [0.2, 0.25) is 0 Å². The standard InChI is InChI=1S/C14H12ClF2NO2S/c15-11-7-4-8-12(18)13(11)21(19,20)9-14(16,17)10-5-2-1-3-6-10/h1-8H,9,18H2. The largest absolute Gasteiger partial charge is 0.398 e. The van der Waals surface area contributed by atoms with E-state index in [1.54, 1.807) is 6.07 Å². The van der Waals surface area contributed by atoms with E-state index in [-0.39, 0.29) is 16.3 Å². The van der Waals surface area contributed by atoms with E-state index >= 15 is 0 Å². The molecule has 0 aliphatic carbocycles. The first-order chi connectivity index (χ1) is 9.74. The van der Waals surface area contributed by atoms with Crippen LogP contribution in [0.3, 0.4) is 0 Å². The summed E-state index contributed by atoms with van der Waals surface area (Å²) in [6, 6.07) is 10.8. The van der Waals surface area contributed by atoms with E-state index in [9.17, 15) is 17.2 Å². The number of anilines is 1. The molecule has 0 spiro atoms. The summed E-state index contributed by atoms with van der Waals surface area (Å²) in [6.45, 7) is 0. The molecule has 0 aliphatic rings. The van der Waals surface area contributed by atoms with Gasteiger partial charge in [-0.05, 0) is 12.1 Å². The van der Waals surface area contributed by atoms with Crippen molar-refractivity contribution in [3.05, 3.63) is 59.1 Å². The van der Waals surface area contributed by atoms with Crippen LogP contribution in [0.1, 0.15) is 5.56 Å². The van der Waals surface area contributed by atoms with Gasteiger partial charge in [-0.2, -0.15) is 0 Å². The zero-order valence-corrected chi connectivity index (χ0v) is 12.3. The lowest BCUT2D eigenvalue weighted by Gasteiger charge is -2.18. The minimum absolute atomic E-state index is 0.147. The minimum atomic E-state index is -4.33. The number of benzene rings is 2. The lowest BCUT2D eigenvalue weighted by atomic mass is 10.1. The Morgan fingerprint density at radius 1 is 1.05 bits per heavy atom. The number of alkyl halides is 2. The van der Waals surface area contributed by atoms with Gasteiger partial charge in [0.1, 0.15) is 10.6 Å². The summed E-state index contributed by atoms with van der Waals surface area (Å²) in [4.78, 5) is -0.456. The van der Waals surface area contributed by atoms with Crippen LogP contribution >= 0.6 is 11.6 Å². The first-order valence-corrected chi connectivity index (χ1v) is 7.97. The molecule has 2 aromatic carbocycles. The van der Waals surface area contributed by atoms with Crippen LogP contribution in [0.5, 0.6) is 0 Å². The Morgan fingerprint density at radius 3 is 2.24 bits per heavy atom. The molecule has 0 aliphatic heterocycles. The first kappa shape index (κ1) is 15.7. The van der Waals surface area contributed by atoms with Gasteiger partial charge in [-0.25, -0.2) is 17.2 Å². The SMILES string of the molecule is Nc1cccc(Cl)c1S(=O)(=O)CC(F)(F)c1ccccc1. The Morgan fingerprint density at radius 2 is 1.67 bits per heavy atom. The topological polar surface area (TPSA) is 60.2 Å². The smallest absolute Gasteiger partial charge is 0.287 e. The fraction of sp³-hybridized carbons (Fsp3) is 0.143. The van der Waals surface area contributed by atoms with Crippen molar-refractivity contribution in [1.29, 1.82) is 0 Å². The third kappa shape index (κ3) is 3.33. The Bertz CT molecular complexity index is 729. The molecule has 2 aromatic rings. The molecular formula is C14H12ClF2NO2S. The molecule has 7 heteroatoms. The summed E-state index contributed by atoms with van der Waals surface area (Å²) in [5.74, 6) is -4.93. The highest BCUT2D eigenvalue weighted by molar-refractivity contribution is 7.91. The molecule has 0 fully saturated rings. The van der Waals surface area contributed by atoms with Crippen LogP contribution in [0.15, 0.2) is 53.4 Å². The summed E-state index contributed by atoms with van der Waals surface area (Å²) in [5, 5.41) is -0.168. The lowest BCUT2D eigenvalue weighted by Crippen LogP contribution is -2.26. The molecule has 0 amide bonds. The molecule has 2 N–H and O–H groups in total. The molecule has 112 valence electrons. The molecule has 0 heterocycles. The third-order valence-electron chi connectivity index (χ3n) is 2.88. The molecule has 3 nitrogen and oxygen atoms in total. The summed E-state index contributed by atoms with van der Waals surface area (Å²) < 4.78 is 52.7. The Labute approximate surface area is 126 Å². The van der Waals surface area contributed by atoms with Crippen LogP contribution < -0.4 is 5.73 Å². The second-order valence-corrected chi connectivity index (χ2v) is 6.82. The number of hydrogen-bond acceptors (Lipinski definition) is 3. The zero-order valence-electron chi connectivity index (χ0n) is 10.8. The molecule has 0 radical (unpaired) electrons. The quantitative estimate of drug-likeness (QED) is 0.872. The van der Waals surface area contributed by atoms with Gasteiger partial charge in [-0.1, -0.05) is 48.0 Å². The van der Waals surface area contributed by atoms with Crippen molar-refractivity contribution < 1.29 is 17.2 Å². The number of sulfone groups is 1. The molecule has 21 heavy (non-hydrogen) atoms. The summed E-state index contributed by atoms with van der Waals surface area (Å²) in [6.07, 6.45) is 0. The normalized spacial score (nSPS) is 12.3. The van der Waals surface area contributed by atoms with Gasteiger partial charge in [-0.3, -0.25) is 0 Å². The van der Waals surface area contributed by atoms with Gasteiger partial charge >= 0.3 is 0 Å². The van der Waals surface area contributed by atoms with Crippen LogP contribution in [-0.2, 0) is 15.8 Å². The van der Waals surface area contributed by atoms with E-state index in [4.69, 9.17) is 17.3 Å². The average Bonchev–Trinajstić information content (AvgIpc) is 2.38. The van der Waals surface area contributed by atoms with E-state index in [0.717, 1.165) is 0 Å². The first-order valence-electron chi connectivity index (χ1n) is 5.94. The van der Waals surface area contributed by atoms with Gasteiger partial charge in [0.15, 0.2) is 9.84 Å². The monoisotopic (exact) mass is 331 g/mol. The molecule has 0 saturated heterocycles. The Hall–Kier alpha value is -1.66. The molecule has 0 saturated carbocycles. The highest BCUT2D eigenvalue weighted by atomic mass is 35.5. The van der Waals surface area contributed by atoms with Gasteiger partial charge in [0.25, 0.3) is 5.92 Å². The van der Waals surface area contributed by atoms with Crippen LogP contribution in [0, 0.1) is 0 Å². The van der Waals surface area contributed by atoms with Crippen molar-refractivity contribution in [3.63, 3.8) is 0 Å². The van der Waals surface area contributed by atoms with E-state index in [0.29, 0.717) is 0 Å². The van der Waals surface area contributed by atoms with E-state index < -0.39 is 26.4 Å². The second kappa shape index (κ2) is 5.61. The number of hydrogen-bond donors (Lipinski definition) is 1. The average molecular weight is 332 g/mol. The van der Waals surface area contributed by atoms with Crippen molar-refractivity contribution in [2.75, 3.05) is 11.5 Å². The molecule has 0 unspecified atom stereocenters. The second-order valence-electron chi connectivity index (χ2n) is 4.49.